The second kappa shape index (κ2) is 6.75. The maximum absolute atomic E-state index is 13.9. The lowest BCUT2D eigenvalue weighted by Gasteiger charge is -2.44. The molecule has 3 heterocycles. The van der Waals surface area contributed by atoms with Crippen LogP contribution >= 0.6 is 0 Å². The summed E-state index contributed by atoms with van der Waals surface area (Å²) in [4.78, 5) is 16.1. The number of nitrogens with zero attached hydrogens (tertiary/aromatic N) is 6. The predicted octanol–water partition coefficient (Wildman–Crippen LogP) is 2.66. The van der Waals surface area contributed by atoms with Crippen molar-refractivity contribution in [2.75, 3.05) is 25.0 Å². The maximum atomic E-state index is 13.9. The molecule has 0 N–H and O–H groups in total. The van der Waals surface area contributed by atoms with Gasteiger partial charge in [0.25, 0.3) is 5.91 Å². The molecule has 0 saturated carbocycles. The summed E-state index contributed by atoms with van der Waals surface area (Å²) in [6.07, 6.45) is 0. The van der Waals surface area contributed by atoms with E-state index in [9.17, 15) is 13.6 Å². The highest BCUT2D eigenvalue weighted by molar-refractivity contribution is 5.94. The van der Waals surface area contributed by atoms with Crippen LogP contribution in [0.1, 0.15) is 37.0 Å². The van der Waals surface area contributed by atoms with E-state index in [2.05, 4.69) is 15.3 Å². The molecule has 7 nitrogen and oxygen atoms in total. The molecule has 2 aromatic heterocycles. The summed E-state index contributed by atoms with van der Waals surface area (Å²) in [5, 5.41) is 13.1. The number of rotatable bonds is 3. The second-order valence-corrected chi connectivity index (χ2v) is 8.33. The fraction of sp³-hybridized carbons (Fsp3) is 0.400. The van der Waals surface area contributed by atoms with Gasteiger partial charge in [-0.3, -0.25) is 4.79 Å². The highest BCUT2D eigenvalue weighted by Crippen LogP contribution is 2.25. The van der Waals surface area contributed by atoms with E-state index in [-0.39, 0.29) is 17.0 Å². The molecule has 152 valence electrons. The van der Waals surface area contributed by atoms with E-state index in [1.807, 2.05) is 37.8 Å². The van der Waals surface area contributed by atoms with Crippen molar-refractivity contribution < 1.29 is 13.6 Å². The van der Waals surface area contributed by atoms with Crippen molar-refractivity contribution in [2.24, 2.45) is 0 Å². The van der Waals surface area contributed by atoms with Crippen molar-refractivity contribution in [3.8, 4) is 0 Å². The van der Waals surface area contributed by atoms with Crippen molar-refractivity contribution in [3.63, 3.8) is 0 Å². The largest absolute Gasteiger partial charge is 0.351 e. The molecule has 0 unspecified atom stereocenters. The van der Waals surface area contributed by atoms with Crippen molar-refractivity contribution in [3.05, 3.63) is 53.4 Å². The number of hydrogen-bond donors (Lipinski definition) is 0. The number of likely N-dealkylation sites (N-methyl/N-ethyl adjacent to an activating group) is 1. The number of benzene rings is 1. The van der Waals surface area contributed by atoms with Gasteiger partial charge in [-0.2, -0.15) is 4.52 Å². The zero-order chi connectivity index (χ0) is 20.9. The first-order chi connectivity index (χ1) is 13.6. The predicted molar refractivity (Wildman–Crippen MR) is 104 cm³/mol. The normalized spacial score (nSPS) is 14.9. The fourth-order valence-electron chi connectivity index (χ4n) is 3.32. The van der Waals surface area contributed by atoms with Gasteiger partial charge in [-0.25, -0.2) is 8.78 Å². The molecule has 0 spiro atoms. The monoisotopic (exact) mass is 400 g/mol. The summed E-state index contributed by atoms with van der Waals surface area (Å²) in [5.41, 5.74) is 0.343. The summed E-state index contributed by atoms with van der Waals surface area (Å²) in [7, 11) is 1.63. The Hall–Kier alpha value is -3.10. The van der Waals surface area contributed by atoms with Crippen LogP contribution in [0.15, 0.2) is 30.3 Å². The van der Waals surface area contributed by atoms with Crippen LogP contribution in [0.4, 0.5) is 14.6 Å². The Morgan fingerprint density at radius 3 is 2.52 bits per heavy atom. The highest BCUT2D eigenvalue weighted by Gasteiger charge is 2.35. The molecular formula is C20H22F2N6O. The first-order valence-corrected chi connectivity index (χ1v) is 9.35. The highest BCUT2D eigenvalue weighted by atomic mass is 19.1. The van der Waals surface area contributed by atoms with E-state index < -0.39 is 17.5 Å². The van der Waals surface area contributed by atoms with E-state index in [4.69, 9.17) is 0 Å². The van der Waals surface area contributed by atoms with Gasteiger partial charge in [0.1, 0.15) is 17.5 Å². The quantitative estimate of drug-likeness (QED) is 0.676. The van der Waals surface area contributed by atoms with Gasteiger partial charge in [-0.1, -0.05) is 20.8 Å². The van der Waals surface area contributed by atoms with Gasteiger partial charge in [0, 0.05) is 31.6 Å². The second-order valence-electron chi connectivity index (χ2n) is 8.33. The smallest absolute Gasteiger partial charge is 0.256 e. The van der Waals surface area contributed by atoms with Gasteiger partial charge in [0.05, 0.1) is 11.6 Å². The lowest BCUT2D eigenvalue weighted by atomic mass is 9.96. The Bertz CT molecular complexity index is 1080. The van der Waals surface area contributed by atoms with Gasteiger partial charge in [-0.05, 0) is 24.3 Å². The van der Waals surface area contributed by atoms with Crippen LogP contribution in [0.25, 0.3) is 5.65 Å². The van der Waals surface area contributed by atoms with Crippen molar-refractivity contribution in [1.82, 2.24) is 24.7 Å². The molecule has 9 heteroatoms. The molecule has 4 rings (SSSR count). The molecule has 3 aromatic rings. The molecule has 0 bridgehead atoms. The lowest BCUT2D eigenvalue weighted by Crippen LogP contribution is -2.60. The first-order valence-electron chi connectivity index (χ1n) is 9.35. The standard InChI is InChI=1S/C20H22F2N6O/c1-20(2,3)19-24-23-16-7-8-17(25-28(16)19)27-10-13(11-27)26(4)18(29)14-6-5-12(21)9-15(14)22/h5-9,13H,10-11H2,1-4H3. The molecule has 1 aliphatic rings. The van der Waals surface area contributed by atoms with Gasteiger partial charge in [0.15, 0.2) is 11.5 Å². The van der Waals surface area contributed by atoms with E-state index in [1.54, 1.807) is 11.6 Å². The van der Waals surface area contributed by atoms with Gasteiger partial charge in [-0.15, -0.1) is 15.3 Å². The van der Waals surface area contributed by atoms with Gasteiger partial charge < -0.3 is 9.80 Å². The fourth-order valence-corrected chi connectivity index (χ4v) is 3.32. The van der Waals surface area contributed by atoms with E-state index in [0.29, 0.717) is 18.7 Å². The van der Waals surface area contributed by atoms with Crippen LogP contribution < -0.4 is 4.90 Å². The summed E-state index contributed by atoms with van der Waals surface area (Å²) < 4.78 is 28.7. The number of aromatic nitrogens is 4. The summed E-state index contributed by atoms with van der Waals surface area (Å²) >= 11 is 0. The average Bonchev–Trinajstić information content (AvgIpc) is 3.03. The first kappa shape index (κ1) is 19.2. The Balaban J connectivity index is 1.48. The van der Waals surface area contributed by atoms with Gasteiger partial charge >= 0.3 is 0 Å². The Labute approximate surface area is 166 Å². The van der Waals surface area contributed by atoms with Crippen LogP contribution in [0, 0.1) is 11.6 Å². The third-order valence-electron chi connectivity index (χ3n) is 5.14. The Morgan fingerprint density at radius 2 is 1.86 bits per heavy atom. The van der Waals surface area contributed by atoms with E-state index in [0.717, 1.165) is 23.8 Å². The molecule has 29 heavy (non-hydrogen) atoms. The van der Waals surface area contributed by atoms with E-state index >= 15 is 0 Å². The minimum Gasteiger partial charge on any atom is -0.351 e. The minimum absolute atomic E-state index is 0.0903. The van der Waals surface area contributed by atoms with Crippen LogP contribution in [-0.4, -0.2) is 56.8 Å². The number of carbonyl (C=O) groups is 1. The number of anilines is 1. The molecule has 0 aliphatic carbocycles. The van der Waals surface area contributed by atoms with Crippen molar-refractivity contribution >= 4 is 17.4 Å². The van der Waals surface area contributed by atoms with E-state index in [1.165, 1.54) is 11.0 Å². The molecule has 1 saturated heterocycles. The summed E-state index contributed by atoms with van der Waals surface area (Å²) in [6.45, 7) is 7.28. The van der Waals surface area contributed by atoms with Crippen LogP contribution in [0.2, 0.25) is 0 Å². The third kappa shape index (κ3) is 3.41. The molecule has 1 aliphatic heterocycles. The molecule has 1 fully saturated rings. The molecular weight excluding hydrogens is 378 g/mol. The van der Waals surface area contributed by atoms with Crippen LogP contribution in [0.5, 0.6) is 0 Å². The SMILES string of the molecule is CN(C(=O)c1ccc(F)cc1F)C1CN(c2ccc3nnc(C(C)(C)C)n3n2)C1. The number of carbonyl (C=O) groups excluding carboxylic acids is 1. The zero-order valence-electron chi connectivity index (χ0n) is 16.7. The number of amides is 1. The maximum Gasteiger partial charge on any atom is 0.256 e. The lowest BCUT2D eigenvalue weighted by molar-refractivity contribution is 0.0700. The molecule has 1 aromatic carbocycles. The van der Waals surface area contributed by atoms with Crippen LogP contribution in [0.3, 0.4) is 0 Å². The minimum atomic E-state index is -0.854. The van der Waals surface area contributed by atoms with Gasteiger partial charge in [0.2, 0.25) is 0 Å². The Kier molecular flexibility index (Phi) is 4.48. The zero-order valence-corrected chi connectivity index (χ0v) is 16.7. The Morgan fingerprint density at radius 1 is 1.14 bits per heavy atom. The molecule has 0 radical (unpaired) electrons. The molecule has 0 atom stereocenters. The third-order valence-corrected chi connectivity index (χ3v) is 5.14. The molecule has 1 amide bonds. The number of halogens is 2. The van der Waals surface area contributed by atoms with Crippen molar-refractivity contribution in [1.29, 1.82) is 0 Å². The number of fused-ring (bicyclic) bond motifs is 1. The summed E-state index contributed by atoms with van der Waals surface area (Å²) in [6, 6.07) is 6.62. The summed E-state index contributed by atoms with van der Waals surface area (Å²) in [5.74, 6) is -0.503. The van der Waals surface area contributed by atoms with Crippen molar-refractivity contribution in [2.45, 2.75) is 32.2 Å². The van der Waals surface area contributed by atoms with Crippen LogP contribution in [-0.2, 0) is 5.41 Å². The number of hydrogen-bond acceptors (Lipinski definition) is 5. The topological polar surface area (TPSA) is 66.6 Å². The average molecular weight is 400 g/mol.